The fourth-order valence-corrected chi connectivity index (χ4v) is 2.95. The molecule has 1 aliphatic rings. The fraction of sp³-hybridized carbons (Fsp3) is 0.562. The van der Waals surface area contributed by atoms with E-state index < -0.39 is 5.67 Å². The highest BCUT2D eigenvalue weighted by atomic mass is 19.1. The van der Waals surface area contributed by atoms with E-state index in [1.54, 1.807) is 19.2 Å². The van der Waals surface area contributed by atoms with Crippen molar-refractivity contribution in [3.05, 3.63) is 24.2 Å². The monoisotopic (exact) mass is 319 g/mol. The van der Waals surface area contributed by atoms with Gasteiger partial charge < -0.3 is 10.2 Å². The molecule has 23 heavy (non-hydrogen) atoms. The predicted octanol–water partition coefficient (Wildman–Crippen LogP) is 3.21. The third-order valence-electron chi connectivity index (χ3n) is 4.13. The normalized spacial score (nSPS) is 21.9. The van der Waals surface area contributed by atoms with Crippen molar-refractivity contribution in [3.8, 4) is 0 Å². The van der Waals surface area contributed by atoms with Crippen LogP contribution in [-0.2, 0) is 0 Å². The van der Waals surface area contributed by atoms with Crippen LogP contribution in [0.3, 0.4) is 0 Å². The maximum atomic E-state index is 14.1. The molecular formula is C16H22FN5O. The lowest BCUT2D eigenvalue weighted by atomic mass is 9.97. The van der Waals surface area contributed by atoms with Crippen molar-refractivity contribution < 1.29 is 9.18 Å². The molecule has 2 aromatic rings. The Bertz CT molecular complexity index is 724. The van der Waals surface area contributed by atoms with E-state index in [2.05, 4.69) is 15.5 Å². The molecule has 0 radical (unpaired) electrons. The second-order valence-corrected chi connectivity index (χ2v) is 6.73. The van der Waals surface area contributed by atoms with Gasteiger partial charge in [0.1, 0.15) is 11.5 Å². The quantitative estimate of drug-likeness (QED) is 0.924. The zero-order valence-electron chi connectivity index (χ0n) is 13.7. The number of pyridine rings is 1. The van der Waals surface area contributed by atoms with Crippen molar-refractivity contribution in [3.63, 3.8) is 0 Å². The Morgan fingerprint density at radius 1 is 1.39 bits per heavy atom. The lowest BCUT2D eigenvalue weighted by Gasteiger charge is -2.35. The highest BCUT2D eigenvalue weighted by Crippen LogP contribution is 2.25. The van der Waals surface area contributed by atoms with E-state index in [0.717, 1.165) is 11.5 Å². The average Bonchev–Trinajstić information content (AvgIpc) is 2.89. The number of halogens is 1. The number of nitrogens with zero attached hydrogens (tertiary/aromatic N) is 4. The van der Waals surface area contributed by atoms with Crippen LogP contribution in [0.15, 0.2) is 18.3 Å². The molecule has 1 atom stereocenters. The van der Waals surface area contributed by atoms with Gasteiger partial charge in [-0.05, 0) is 31.9 Å². The zero-order chi connectivity index (χ0) is 16.6. The lowest BCUT2D eigenvalue weighted by molar-refractivity contribution is 0.0808. The second kappa shape index (κ2) is 5.79. The molecule has 0 saturated carbocycles. The van der Waals surface area contributed by atoms with Crippen LogP contribution in [-0.4, -0.2) is 44.3 Å². The molecule has 3 rings (SSSR count). The maximum absolute atomic E-state index is 14.1. The Balaban J connectivity index is 1.78. The molecule has 1 N–H and O–H groups in total. The average molecular weight is 319 g/mol. The first kappa shape index (κ1) is 15.7. The van der Waals surface area contributed by atoms with E-state index in [-0.39, 0.29) is 18.5 Å². The van der Waals surface area contributed by atoms with Gasteiger partial charge in [0, 0.05) is 18.7 Å². The molecule has 6 nitrogen and oxygen atoms in total. The summed E-state index contributed by atoms with van der Waals surface area (Å²) < 4.78 is 16.0. The molecule has 1 unspecified atom stereocenters. The van der Waals surface area contributed by atoms with Crippen molar-refractivity contribution in [1.82, 2.24) is 19.5 Å². The van der Waals surface area contributed by atoms with Gasteiger partial charge in [0.25, 0.3) is 0 Å². The summed E-state index contributed by atoms with van der Waals surface area (Å²) in [6.07, 6.45) is 2.99. The van der Waals surface area contributed by atoms with E-state index >= 15 is 0 Å². The van der Waals surface area contributed by atoms with E-state index in [1.807, 2.05) is 24.3 Å². The molecular weight excluding hydrogens is 297 g/mol. The number of carbonyl (C=O) groups excluding carboxylic acids is 1. The van der Waals surface area contributed by atoms with Crippen LogP contribution in [0, 0.1) is 0 Å². The van der Waals surface area contributed by atoms with E-state index in [1.165, 1.54) is 4.90 Å². The van der Waals surface area contributed by atoms with Gasteiger partial charge in [0.2, 0.25) is 0 Å². The Morgan fingerprint density at radius 3 is 2.87 bits per heavy atom. The molecule has 0 aliphatic carbocycles. The summed E-state index contributed by atoms with van der Waals surface area (Å²) in [5, 5.41) is 11.1. The van der Waals surface area contributed by atoms with Gasteiger partial charge in [0.05, 0.1) is 12.2 Å². The zero-order valence-corrected chi connectivity index (χ0v) is 13.7. The summed E-state index contributed by atoms with van der Waals surface area (Å²) in [4.78, 5) is 13.9. The summed E-state index contributed by atoms with van der Waals surface area (Å²) in [6.45, 7) is 6.34. The van der Waals surface area contributed by atoms with E-state index in [4.69, 9.17) is 0 Å². The van der Waals surface area contributed by atoms with Gasteiger partial charge in [-0.25, -0.2) is 9.18 Å². The summed E-state index contributed by atoms with van der Waals surface area (Å²) >= 11 is 0. The van der Waals surface area contributed by atoms with Crippen LogP contribution < -0.4 is 5.32 Å². The lowest BCUT2D eigenvalue weighted by Crippen LogP contribution is -2.48. The van der Waals surface area contributed by atoms with Crippen molar-refractivity contribution in [2.45, 2.75) is 45.2 Å². The van der Waals surface area contributed by atoms with Gasteiger partial charge in [-0.1, -0.05) is 13.8 Å². The maximum Gasteiger partial charge on any atom is 0.321 e. The smallest absolute Gasteiger partial charge is 0.321 e. The molecule has 1 saturated heterocycles. The minimum absolute atomic E-state index is 0.130. The largest absolute Gasteiger partial charge is 0.321 e. The second-order valence-electron chi connectivity index (χ2n) is 6.73. The number of amides is 2. The van der Waals surface area contributed by atoms with Gasteiger partial charge in [-0.2, -0.15) is 0 Å². The number of hydrogen-bond acceptors (Lipinski definition) is 3. The number of nitrogens with one attached hydrogen (secondary N) is 1. The number of piperidine rings is 1. The summed E-state index contributed by atoms with van der Waals surface area (Å²) in [5.74, 6) is 1.07. The van der Waals surface area contributed by atoms with E-state index in [0.29, 0.717) is 25.1 Å². The number of anilines is 1. The number of hydrogen-bond donors (Lipinski definition) is 1. The van der Waals surface area contributed by atoms with E-state index in [9.17, 15) is 9.18 Å². The molecule has 0 spiro atoms. The topological polar surface area (TPSA) is 62.5 Å². The molecule has 0 aromatic carbocycles. The summed E-state index contributed by atoms with van der Waals surface area (Å²) in [7, 11) is 0. The third kappa shape index (κ3) is 3.28. The third-order valence-corrected chi connectivity index (χ3v) is 4.13. The number of aromatic nitrogens is 3. The van der Waals surface area contributed by atoms with Crippen LogP contribution in [0.25, 0.3) is 5.65 Å². The Morgan fingerprint density at radius 2 is 2.17 bits per heavy atom. The first-order valence-corrected chi connectivity index (χ1v) is 7.95. The SMILES string of the molecule is CC(C)c1nnc2ccc(NC(=O)N3CCCC(C)(F)C3)cn12. The number of fused-ring (bicyclic) bond motifs is 1. The molecule has 2 aromatic heterocycles. The predicted molar refractivity (Wildman–Crippen MR) is 86.4 cm³/mol. The minimum atomic E-state index is -1.31. The van der Waals surface area contributed by atoms with Gasteiger partial charge in [-0.15, -0.1) is 10.2 Å². The molecule has 1 fully saturated rings. The van der Waals surface area contributed by atoms with Crippen LogP contribution in [0.4, 0.5) is 14.9 Å². The van der Waals surface area contributed by atoms with Crippen LogP contribution in [0.5, 0.6) is 0 Å². The molecule has 7 heteroatoms. The van der Waals surface area contributed by atoms with Crippen LogP contribution >= 0.6 is 0 Å². The Kier molecular flexibility index (Phi) is 3.95. The molecule has 2 amide bonds. The van der Waals surface area contributed by atoms with Crippen molar-refractivity contribution in [2.24, 2.45) is 0 Å². The standard InChI is InChI=1S/C16H22FN5O/c1-11(2)14-20-19-13-6-5-12(9-22(13)14)18-15(23)21-8-4-7-16(3,17)10-21/h5-6,9,11H,4,7-8,10H2,1-3H3,(H,18,23). The van der Waals surface area contributed by atoms with Crippen LogP contribution in [0.1, 0.15) is 45.4 Å². The molecule has 124 valence electrons. The summed E-state index contributed by atoms with van der Waals surface area (Å²) in [6, 6.07) is 3.32. The van der Waals surface area contributed by atoms with Gasteiger partial charge >= 0.3 is 6.03 Å². The van der Waals surface area contributed by atoms with Crippen molar-refractivity contribution >= 4 is 17.4 Å². The number of rotatable bonds is 2. The Labute approximate surface area is 134 Å². The number of carbonyl (C=O) groups is 1. The highest BCUT2D eigenvalue weighted by molar-refractivity contribution is 5.89. The van der Waals surface area contributed by atoms with Gasteiger partial charge in [0.15, 0.2) is 5.65 Å². The molecule has 0 bridgehead atoms. The summed E-state index contributed by atoms with van der Waals surface area (Å²) in [5.41, 5.74) is 0.0786. The highest BCUT2D eigenvalue weighted by Gasteiger charge is 2.32. The fourth-order valence-electron chi connectivity index (χ4n) is 2.95. The van der Waals surface area contributed by atoms with Crippen LogP contribution in [0.2, 0.25) is 0 Å². The number of urea groups is 1. The molecule has 3 heterocycles. The Hall–Kier alpha value is -2.18. The van der Waals surface area contributed by atoms with Gasteiger partial charge in [-0.3, -0.25) is 4.40 Å². The minimum Gasteiger partial charge on any atom is -0.321 e. The number of likely N-dealkylation sites (tertiary alicyclic amines) is 1. The van der Waals surface area contributed by atoms with Crippen molar-refractivity contribution in [1.29, 1.82) is 0 Å². The van der Waals surface area contributed by atoms with Crippen molar-refractivity contribution in [2.75, 3.05) is 18.4 Å². The molecule has 1 aliphatic heterocycles. The first-order valence-electron chi connectivity index (χ1n) is 7.95. The number of alkyl halides is 1. The first-order chi connectivity index (χ1) is 10.9.